The molecule has 0 atom stereocenters. The van der Waals surface area contributed by atoms with Crippen molar-refractivity contribution in [3.8, 4) is 17.9 Å². The highest BCUT2D eigenvalue weighted by molar-refractivity contribution is 5.39. The molecule has 1 heteroatoms. The lowest BCUT2D eigenvalue weighted by atomic mass is 9.65. The Hall–Kier alpha value is -1.73. The molecule has 3 aliphatic rings. The Labute approximate surface area is 178 Å². The molecule has 3 saturated carbocycles. The predicted octanol–water partition coefficient (Wildman–Crippen LogP) is 7.47. The summed E-state index contributed by atoms with van der Waals surface area (Å²) in [4.78, 5) is 0. The standard InChI is InChI=1S/C28H37N/c1-21-4-8-23(9-5-21)25-12-16-27(17-13-25)28-18-14-26(15-19-28)24-10-6-22(7-11-24)3-2-20-29/h6-7,10-11,21,23,25-28H,4-5,8-9,12-19H2,1H3. The van der Waals surface area contributed by atoms with E-state index in [-0.39, 0.29) is 0 Å². The number of benzene rings is 1. The lowest BCUT2D eigenvalue weighted by molar-refractivity contribution is 0.112. The maximum Gasteiger partial charge on any atom is 0.152 e. The first kappa shape index (κ1) is 20.5. The van der Waals surface area contributed by atoms with Crippen LogP contribution in [-0.2, 0) is 0 Å². The molecule has 3 aliphatic carbocycles. The van der Waals surface area contributed by atoms with Crippen LogP contribution in [0.25, 0.3) is 0 Å². The van der Waals surface area contributed by atoms with Crippen LogP contribution in [0.4, 0.5) is 0 Å². The summed E-state index contributed by atoms with van der Waals surface area (Å²) >= 11 is 0. The van der Waals surface area contributed by atoms with Crippen molar-refractivity contribution in [2.75, 3.05) is 0 Å². The molecule has 1 nitrogen and oxygen atoms in total. The summed E-state index contributed by atoms with van der Waals surface area (Å²) in [6.07, 6.45) is 17.6. The van der Waals surface area contributed by atoms with E-state index in [2.05, 4.69) is 43.0 Å². The quantitative estimate of drug-likeness (QED) is 0.493. The molecule has 0 spiro atoms. The molecular formula is C28H37N. The topological polar surface area (TPSA) is 23.8 Å². The van der Waals surface area contributed by atoms with Crippen molar-refractivity contribution in [3.05, 3.63) is 35.4 Å². The third kappa shape index (κ3) is 5.25. The van der Waals surface area contributed by atoms with E-state index in [1.807, 2.05) is 6.07 Å². The first-order chi connectivity index (χ1) is 14.2. The Morgan fingerprint density at radius 3 is 1.59 bits per heavy atom. The largest absolute Gasteiger partial charge is 0.183 e. The summed E-state index contributed by atoms with van der Waals surface area (Å²) in [6, 6.07) is 10.5. The zero-order valence-corrected chi connectivity index (χ0v) is 18.2. The van der Waals surface area contributed by atoms with Crippen LogP contribution in [0.5, 0.6) is 0 Å². The van der Waals surface area contributed by atoms with E-state index in [1.54, 1.807) is 0 Å². The number of hydrogen-bond donors (Lipinski definition) is 0. The molecule has 0 N–H and O–H groups in total. The molecule has 0 amide bonds. The van der Waals surface area contributed by atoms with Gasteiger partial charge in [0.15, 0.2) is 6.07 Å². The van der Waals surface area contributed by atoms with Crippen molar-refractivity contribution >= 4 is 0 Å². The predicted molar refractivity (Wildman–Crippen MR) is 120 cm³/mol. The number of nitriles is 1. The summed E-state index contributed by atoms with van der Waals surface area (Å²) in [5.74, 6) is 11.2. The van der Waals surface area contributed by atoms with Crippen LogP contribution in [-0.4, -0.2) is 0 Å². The van der Waals surface area contributed by atoms with Gasteiger partial charge in [0, 0.05) is 11.5 Å². The van der Waals surface area contributed by atoms with Gasteiger partial charge in [0.25, 0.3) is 0 Å². The van der Waals surface area contributed by atoms with Crippen molar-refractivity contribution in [1.29, 1.82) is 5.26 Å². The molecule has 0 saturated heterocycles. The van der Waals surface area contributed by atoms with Crippen molar-refractivity contribution in [2.45, 2.75) is 89.9 Å². The van der Waals surface area contributed by atoms with Gasteiger partial charge < -0.3 is 0 Å². The van der Waals surface area contributed by atoms with Crippen molar-refractivity contribution in [2.24, 2.45) is 29.6 Å². The Morgan fingerprint density at radius 1 is 0.655 bits per heavy atom. The lowest BCUT2D eigenvalue weighted by Crippen LogP contribution is -2.29. The van der Waals surface area contributed by atoms with Crippen LogP contribution in [0.1, 0.15) is 101 Å². The minimum atomic E-state index is 0.727. The highest BCUT2D eigenvalue weighted by Crippen LogP contribution is 2.47. The zero-order chi connectivity index (χ0) is 20.1. The summed E-state index contributed by atoms with van der Waals surface area (Å²) in [5, 5.41) is 8.58. The fourth-order valence-corrected chi connectivity index (χ4v) is 6.71. The normalized spacial score (nSPS) is 35.2. The minimum Gasteiger partial charge on any atom is -0.183 e. The minimum absolute atomic E-state index is 0.727. The van der Waals surface area contributed by atoms with Crippen molar-refractivity contribution in [3.63, 3.8) is 0 Å². The van der Waals surface area contributed by atoms with E-state index in [9.17, 15) is 0 Å². The number of hydrogen-bond acceptors (Lipinski definition) is 1. The van der Waals surface area contributed by atoms with Gasteiger partial charge >= 0.3 is 0 Å². The van der Waals surface area contributed by atoms with E-state index >= 15 is 0 Å². The second-order valence-corrected chi connectivity index (χ2v) is 10.3. The fourth-order valence-electron chi connectivity index (χ4n) is 6.71. The third-order valence-corrected chi connectivity index (χ3v) is 8.63. The smallest absolute Gasteiger partial charge is 0.152 e. The van der Waals surface area contributed by atoms with Gasteiger partial charge in [-0.05, 0) is 117 Å². The molecule has 4 rings (SSSR count). The molecule has 0 bridgehead atoms. The van der Waals surface area contributed by atoms with E-state index in [0.717, 1.165) is 41.1 Å². The Kier molecular flexibility index (Phi) is 6.98. The van der Waals surface area contributed by atoms with Gasteiger partial charge in [-0.15, -0.1) is 0 Å². The average Bonchev–Trinajstić information content (AvgIpc) is 2.79. The average molecular weight is 388 g/mol. The Bertz CT molecular complexity index is 734. The van der Waals surface area contributed by atoms with E-state index in [1.165, 1.54) is 82.6 Å². The molecule has 29 heavy (non-hydrogen) atoms. The number of rotatable bonds is 3. The second-order valence-electron chi connectivity index (χ2n) is 10.3. The molecule has 0 aliphatic heterocycles. The molecule has 0 radical (unpaired) electrons. The molecule has 154 valence electrons. The molecule has 1 aromatic rings. The first-order valence-corrected chi connectivity index (χ1v) is 12.2. The van der Waals surface area contributed by atoms with Crippen LogP contribution >= 0.6 is 0 Å². The van der Waals surface area contributed by atoms with Gasteiger partial charge in [0.2, 0.25) is 0 Å². The third-order valence-electron chi connectivity index (χ3n) is 8.63. The maximum atomic E-state index is 8.58. The Balaban J connectivity index is 1.23. The monoisotopic (exact) mass is 387 g/mol. The van der Waals surface area contributed by atoms with Crippen LogP contribution in [0.3, 0.4) is 0 Å². The molecular weight excluding hydrogens is 350 g/mol. The zero-order valence-electron chi connectivity index (χ0n) is 18.2. The first-order valence-electron chi connectivity index (χ1n) is 12.2. The molecule has 1 aromatic carbocycles. The summed E-state index contributed by atoms with van der Waals surface area (Å²) in [6.45, 7) is 2.45. The lowest BCUT2D eigenvalue weighted by Gasteiger charge is -2.41. The number of nitrogens with zero attached hydrogens (tertiary/aromatic N) is 1. The summed E-state index contributed by atoms with van der Waals surface area (Å²) < 4.78 is 0. The van der Waals surface area contributed by atoms with Crippen molar-refractivity contribution in [1.82, 2.24) is 0 Å². The van der Waals surface area contributed by atoms with E-state index < -0.39 is 0 Å². The SMILES string of the molecule is CC1CCC(C2CCC(C3CCC(c4ccc(C#CC#N)cc4)CC3)CC2)CC1. The highest BCUT2D eigenvalue weighted by Gasteiger charge is 2.34. The van der Waals surface area contributed by atoms with E-state index in [4.69, 9.17) is 5.26 Å². The fraction of sp³-hybridized carbons (Fsp3) is 0.679. The van der Waals surface area contributed by atoms with Gasteiger partial charge in [-0.2, -0.15) is 5.26 Å². The Morgan fingerprint density at radius 2 is 1.10 bits per heavy atom. The van der Waals surface area contributed by atoms with Gasteiger partial charge in [0.1, 0.15) is 0 Å². The molecule has 3 fully saturated rings. The van der Waals surface area contributed by atoms with Crippen LogP contribution < -0.4 is 0 Å². The second kappa shape index (κ2) is 9.85. The molecule has 0 unspecified atom stereocenters. The molecule has 0 aromatic heterocycles. The highest BCUT2D eigenvalue weighted by atomic mass is 14.4. The van der Waals surface area contributed by atoms with E-state index in [0.29, 0.717) is 0 Å². The van der Waals surface area contributed by atoms with Gasteiger partial charge in [-0.25, -0.2) is 0 Å². The van der Waals surface area contributed by atoms with Gasteiger partial charge in [-0.3, -0.25) is 0 Å². The van der Waals surface area contributed by atoms with Gasteiger partial charge in [0.05, 0.1) is 0 Å². The summed E-state index contributed by atoms with van der Waals surface area (Å²) in [7, 11) is 0. The molecule has 0 heterocycles. The van der Waals surface area contributed by atoms with Crippen LogP contribution in [0.15, 0.2) is 24.3 Å². The van der Waals surface area contributed by atoms with Gasteiger partial charge in [-0.1, -0.05) is 37.8 Å². The maximum absolute atomic E-state index is 8.58. The van der Waals surface area contributed by atoms with Crippen molar-refractivity contribution < 1.29 is 0 Å². The van der Waals surface area contributed by atoms with Crippen LogP contribution in [0.2, 0.25) is 0 Å². The van der Waals surface area contributed by atoms with Crippen LogP contribution in [0, 0.1) is 52.8 Å². The summed E-state index contributed by atoms with van der Waals surface area (Å²) in [5.41, 5.74) is 2.43.